The van der Waals surface area contributed by atoms with Gasteiger partial charge < -0.3 is 10.2 Å². The second-order valence-corrected chi connectivity index (χ2v) is 8.72. The molecule has 0 saturated carbocycles. The highest BCUT2D eigenvalue weighted by Gasteiger charge is 2.35. The van der Waals surface area contributed by atoms with Gasteiger partial charge in [-0.05, 0) is 36.5 Å². The molecule has 2 amide bonds. The lowest BCUT2D eigenvalue weighted by Gasteiger charge is -2.32. The van der Waals surface area contributed by atoms with E-state index in [1.807, 2.05) is 17.0 Å². The molecule has 2 fully saturated rings. The van der Waals surface area contributed by atoms with Crippen LogP contribution in [0, 0.1) is 11.8 Å². The van der Waals surface area contributed by atoms with Gasteiger partial charge in [0.25, 0.3) is 0 Å². The summed E-state index contributed by atoms with van der Waals surface area (Å²) in [5.74, 6) is 0.400. The van der Waals surface area contributed by atoms with Gasteiger partial charge >= 0.3 is 0 Å². The van der Waals surface area contributed by atoms with E-state index >= 15 is 0 Å². The molecule has 27 heavy (non-hydrogen) atoms. The van der Waals surface area contributed by atoms with E-state index in [0.717, 1.165) is 44.0 Å². The number of piperidine rings is 1. The number of likely N-dealkylation sites (tertiary alicyclic amines) is 2. The number of nitrogens with zero attached hydrogens (tertiary/aromatic N) is 2. The van der Waals surface area contributed by atoms with Crippen LogP contribution in [0.25, 0.3) is 0 Å². The summed E-state index contributed by atoms with van der Waals surface area (Å²) in [6.45, 7) is 8.35. The van der Waals surface area contributed by atoms with Crippen LogP contribution in [0.5, 0.6) is 0 Å². The van der Waals surface area contributed by atoms with Crippen LogP contribution in [0.15, 0.2) is 24.3 Å². The van der Waals surface area contributed by atoms with Crippen molar-refractivity contribution in [1.82, 2.24) is 15.1 Å². The first-order chi connectivity index (χ1) is 12.9. The van der Waals surface area contributed by atoms with Gasteiger partial charge in [-0.2, -0.15) is 0 Å². The molecule has 1 aromatic carbocycles. The molecule has 2 aliphatic heterocycles. The van der Waals surface area contributed by atoms with Crippen molar-refractivity contribution in [3.63, 3.8) is 0 Å². The zero-order valence-corrected chi connectivity index (χ0v) is 17.0. The third kappa shape index (κ3) is 5.69. The lowest BCUT2D eigenvalue weighted by atomic mass is 10.0. The molecule has 3 rings (SSSR count). The van der Waals surface area contributed by atoms with E-state index in [1.54, 1.807) is 0 Å². The Labute approximate surface area is 167 Å². The Kier molecular flexibility index (Phi) is 6.77. The molecule has 2 saturated heterocycles. The summed E-state index contributed by atoms with van der Waals surface area (Å²) in [6.07, 6.45) is 2.26. The molecule has 0 radical (unpaired) electrons. The zero-order chi connectivity index (χ0) is 19.4. The average molecular weight is 392 g/mol. The molecule has 0 bridgehead atoms. The number of rotatable bonds is 6. The van der Waals surface area contributed by atoms with Gasteiger partial charge in [-0.15, -0.1) is 0 Å². The average Bonchev–Trinajstić information content (AvgIpc) is 2.99. The molecule has 2 aliphatic rings. The van der Waals surface area contributed by atoms with E-state index in [4.69, 9.17) is 11.6 Å². The molecule has 1 unspecified atom stereocenters. The predicted octanol–water partition coefficient (Wildman–Crippen LogP) is 2.93. The highest BCUT2D eigenvalue weighted by atomic mass is 35.5. The molecule has 148 valence electrons. The Morgan fingerprint density at radius 1 is 1.22 bits per heavy atom. The minimum absolute atomic E-state index is 0.0470. The van der Waals surface area contributed by atoms with Crippen molar-refractivity contribution >= 4 is 23.4 Å². The molecule has 5 nitrogen and oxygen atoms in total. The number of halogens is 1. The summed E-state index contributed by atoms with van der Waals surface area (Å²) in [5, 5.41) is 3.95. The number of amides is 2. The number of carbonyl (C=O) groups is 2. The minimum Gasteiger partial charge on any atom is -0.353 e. The van der Waals surface area contributed by atoms with Gasteiger partial charge in [0.1, 0.15) is 0 Å². The summed E-state index contributed by atoms with van der Waals surface area (Å²) in [7, 11) is 0. The van der Waals surface area contributed by atoms with Gasteiger partial charge in [-0.3, -0.25) is 14.5 Å². The Bertz CT molecular complexity index is 654. The maximum absolute atomic E-state index is 12.6. The molecule has 0 aliphatic carbocycles. The molecule has 6 heteroatoms. The van der Waals surface area contributed by atoms with E-state index in [0.29, 0.717) is 18.9 Å². The Hall–Kier alpha value is -1.59. The van der Waals surface area contributed by atoms with Crippen molar-refractivity contribution in [2.75, 3.05) is 26.2 Å². The number of hydrogen-bond acceptors (Lipinski definition) is 3. The fourth-order valence-corrected chi connectivity index (χ4v) is 4.09. The summed E-state index contributed by atoms with van der Waals surface area (Å²) >= 11 is 5.94. The number of hydrogen-bond donors (Lipinski definition) is 1. The van der Waals surface area contributed by atoms with Gasteiger partial charge in [-0.1, -0.05) is 37.6 Å². The number of benzene rings is 1. The molecule has 1 aromatic rings. The fourth-order valence-electron chi connectivity index (χ4n) is 3.97. The van der Waals surface area contributed by atoms with Crippen LogP contribution in [0.3, 0.4) is 0 Å². The normalized spacial score (nSPS) is 21.9. The molecule has 0 aromatic heterocycles. The Morgan fingerprint density at radius 2 is 1.89 bits per heavy atom. The van der Waals surface area contributed by atoms with Crippen LogP contribution in [0.4, 0.5) is 0 Å². The van der Waals surface area contributed by atoms with Gasteiger partial charge in [0.05, 0.1) is 5.92 Å². The van der Waals surface area contributed by atoms with E-state index in [9.17, 15) is 9.59 Å². The molecule has 2 heterocycles. The molecular formula is C21H30ClN3O2. The second kappa shape index (κ2) is 9.07. The summed E-state index contributed by atoms with van der Waals surface area (Å²) in [6, 6.07) is 8.20. The maximum Gasteiger partial charge on any atom is 0.225 e. The van der Waals surface area contributed by atoms with Crippen LogP contribution >= 0.6 is 11.6 Å². The van der Waals surface area contributed by atoms with Crippen LogP contribution in [-0.4, -0.2) is 53.8 Å². The van der Waals surface area contributed by atoms with Gasteiger partial charge in [0.2, 0.25) is 11.8 Å². The maximum atomic E-state index is 12.6. The SMILES string of the molecule is CC(C)CN1CC(C(=O)NC2CCN(Cc3ccc(Cl)cc3)CC2)CC1=O. The molecule has 1 atom stereocenters. The van der Waals surface area contributed by atoms with Crippen LogP contribution in [0.2, 0.25) is 5.02 Å². The van der Waals surface area contributed by atoms with E-state index in [2.05, 4.69) is 36.2 Å². The number of nitrogens with one attached hydrogen (secondary N) is 1. The lowest BCUT2D eigenvalue weighted by Crippen LogP contribution is -2.46. The van der Waals surface area contributed by atoms with Gasteiger partial charge in [0, 0.05) is 50.2 Å². The first-order valence-corrected chi connectivity index (χ1v) is 10.3. The lowest BCUT2D eigenvalue weighted by molar-refractivity contribution is -0.129. The third-order valence-corrected chi connectivity index (χ3v) is 5.68. The summed E-state index contributed by atoms with van der Waals surface area (Å²) < 4.78 is 0. The van der Waals surface area contributed by atoms with E-state index < -0.39 is 0 Å². The monoisotopic (exact) mass is 391 g/mol. The molecule has 1 N–H and O–H groups in total. The highest BCUT2D eigenvalue weighted by molar-refractivity contribution is 6.30. The summed E-state index contributed by atoms with van der Waals surface area (Å²) in [4.78, 5) is 28.9. The molecule has 0 spiro atoms. The van der Waals surface area contributed by atoms with Crippen molar-refractivity contribution in [2.45, 2.75) is 45.7 Å². The van der Waals surface area contributed by atoms with Crippen molar-refractivity contribution in [1.29, 1.82) is 0 Å². The summed E-state index contributed by atoms with van der Waals surface area (Å²) in [5.41, 5.74) is 1.26. The third-order valence-electron chi connectivity index (χ3n) is 5.42. The quantitative estimate of drug-likeness (QED) is 0.811. The van der Waals surface area contributed by atoms with Crippen LogP contribution < -0.4 is 5.32 Å². The smallest absolute Gasteiger partial charge is 0.225 e. The fraction of sp³-hybridized carbons (Fsp3) is 0.619. The highest BCUT2D eigenvalue weighted by Crippen LogP contribution is 2.21. The van der Waals surface area contributed by atoms with Crippen LogP contribution in [-0.2, 0) is 16.1 Å². The zero-order valence-electron chi connectivity index (χ0n) is 16.3. The molecular weight excluding hydrogens is 362 g/mol. The van der Waals surface area contributed by atoms with Gasteiger partial charge in [0.15, 0.2) is 0 Å². The van der Waals surface area contributed by atoms with E-state index in [-0.39, 0.29) is 23.8 Å². The van der Waals surface area contributed by atoms with Crippen molar-refractivity contribution in [3.8, 4) is 0 Å². The topological polar surface area (TPSA) is 52.7 Å². The van der Waals surface area contributed by atoms with Crippen molar-refractivity contribution in [3.05, 3.63) is 34.9 Å². The minimum atomic E-state index is -0.191. The predicted molar refractivity (Wildman–Crippen MR) is 107 cm³/mol. The van der Waals surface area contributed by atoms with Crippen molar-refractivity contribution < 1.29 is 9.59 Å². The Morgan fingerprint density at radius 3 is 2.52 bits per heavy atom. The first kappa shape index (κ1) is 20.2. The van der Waals surface area contributed by atoms with Crippen molar-refractivity contribution in [2.24, 2.45) is 11.8 Å². The first-order valence-electron chi connectivity index (χ1n) is 9.95. The van der Waals surface area contributed by atoms with Gasteiger partial charge in [-0.25, -0.2) is 0 Å². The standard InChI is InChI=1S/C21H30ClN3O2/c1-15(2)12-25-14-17(11-20(25)26)21(27)23-19-7-9-24(10-8-19)13-16-3-5-18(22)6-4-16/h3-6,15,17,19H,7-14H2,1-2H3,(H,23,27). The van der Waals surface area contributed by atoms with E-state index in [1.165, 1.54) is 5.56 Å². The largest absolute Gasteiger partial charge is 0.353 e. The Balaban J connectivity index is 1.42. The number of carbonyl (C=O) groups excluding carboxylic acids is 2. The van der Waals surface area contributed by atoms with Crippen LogP contribution in [0.1, 0.15) is 38.7 Å². The second-order valence-electron chi connectivity index (χ2n) is 8.28.